The van der Waals surface area contributed by atoms with Gasteiger partial charge in [0.05, 0.1) is 23.6 Å². The number of anilines is 2. The van der Waals surface area contributed by atoms with Gasteiger partial charge in [-0.3, -0.25) is 9.71 Å². The highest BCUT2D eigenvalue weighted by Crippen LogP contribution is 2.43. The van der Waals surface area contributed by atoms with E-state index in [0.29, 0.717) is 32.4 Å². The van der Waals surface area contributed by atoms with Crippen molar-refractivity contribution in [2.75, 3.05) is 15.9 Å². The van der Waals surface area contributed by atoms with Gasteiger partial charge in [-0.2, -0.15) is 0 Å². The molecule has 2 N–H and O–H groups in total. The number of rotatable bonds is 6. The number of thiocarbonyl (C=S) groups is 1. The van der Waals surface area contributed by atoms with Crippen LogP contribution in [0.15, 0.2) is 87.9 Å². The highest BCUT2D eigenvalue weighted by molar-refractivity contribution is 9.10. The zero-order valence-corrected chi connectivity index (χ0v) is 22.1. The van der Waals surface area contributed by atoms with Crippen LogP contribution in [0.1, 0.15) is 23.5 Å². The molecule has 2 aromatic heterocycles. The van der Waals surface area contributed by atoms with Gasteiger partial charge in [0.2, 0.25) is 10.0 Å². The summed E-state index contributed by atoms with van der Waals surface area (Å²) in [6.45, 7) is 0. The Kier molecular flexibility index (Phi) is 6.54. The van der Waals surface area contributed by atoms with Crippen molar-refractivity contribution in [2.24, 2.45) is 0 Å². The lowest BCUT2D eigenvalue weighted by Gasteiger charge is -2.26. The minimum Gasteiger partial charge on any atom is -0.459 e. The Morgan fingerprint density at radius 3 is 2.56 bits per heavy atom. The first kappa shape index (κ1) is 24.4. The number of hydrogen-bond acceptors (Lipinski definition) is 5. The molecular weight excluding hydrogens is 567 g/mol. The molecule has 0 saturated carbocycles. The van der Waals surface area contributed by atoms with Crippen LogP contribution in [0.2, 0.25) is 0 Å². The maximum atomic E-state index is 14.6. The van der Waals surface area contributed by atoms with Crippen LogP contribution in [0.4, 0.5) is 15.8 Å². The molecule has 0 bridgehead atoms. The molecule has 4 aromatic rings. The fourth-order valence-corrected chi connectivity index (χ4v) is 5.42. The molecule has 1 aliphatic rings. The number of nitrogens with zero attached hydrogens (tertiary/aromatic N) is 2. The van der Waals surface area contributed by atoms with Crippen molar-refractivity contribution in [3.8, 4) is 11.3 Å². The second-order valence-electron chi connectivity index (χ2n) is 8.24. The number of nitrogens with one attached hydrogen (secondary N) is 2. The quantitative estimate of drug-likeness (QED) is 0.276. The largest absolute Gasteiger partial charge is 0.459 e. The third-order valence-electron chi connectivity index (χ3n) is 5.66. The smallest absolute Gasteiger partial charge is 0.229 e. The maximum Gasteiger partial charge on any atom is 0.229 e. The molecule has 3 heterocycles. The third-order valence-corrected chi connectivity index (χ3v) is 7.08. The zero-order valence-electron chi connectivity index (χ0n) is 18.9. The van der Waals surface area contributed by atoms with Gasteiger partial charge in [0.1, 0.15) is 23.4 Å². The molecule has 1 saturated heterocycles. The topological polar surface area (TPSA) is 87.5 Å². The van der Waals surface area contributed by atoms with Gasteiger partial charge in [0.25, 0.3) is 0 Å². The minimum absolute atomic E-state index is 0.343. The highest BCUT2D eigenvalue weighted by atomic mass is 79.9. The number of halogens is 2. The summed E-state index contributed by atoms with van der Waals surface area (Å²) in [4.78, 5) is 6.40. The van der Waals surface area contributed by atoms with E-state index in [0.717, 1.165) is 17.6 Å². The SMILES string of the molecule is CS(=O)(=O)Nc1ccc(N2C(=S)NC(c3ccccn3)C2c2ccc(-c3ccc(Br)cc3F)o2)cc1. The van der Waals surface area contributed by atoms with Crippen molar-refractivity contribution in [3.63, 3.8) is 0 Å². The molecule has 11 heteroatoms. The van der Waals surface area contributed by atoms with E-state index < -0.39 is 21.9 Å². The number of sulfonamides is 1. The van der Waals surface area contributed by atoms with Crippen LogP contribution in [0.5, 0.6) is 0 Å². The molecule has 2 aromatic carbocycles. The zero-order chi connectivity index (χ0) is 25.4. The summed E-state index contributed by atoms with van der Waals surface area (Å²) in [6.07, 6.45) is 2.80. The second kappa shape index (κ2) is 9.64. The van der Waals surface area contributed by atoms with Crippen LogP contribution in [0.3, 0.4) is 0 Å². The summed E-state index contributed by atoms with van der Waals surface area (Å²) in [5.41, 5.74) is 2.26. The number of pyridine rings is 1. The van der Waals surface area contributed by atoms with E-state index >= 15 is 0 Å². The van der Waals surface area contributed by atoms with Crippen molar-refractivity contribution < 1.29 is 17.2 Å². The van der Waals surface area contributed by atoms with Crippen LogP contribution < -0.4 is 14.9 Å². The van der Waals surface area contributed by atoms with E-state index in [1.807, 2.05) is 23.1 Å². The van der Waals surface area contributed by atoms with Crippen LogP contribution in [-0.4, -0.2) is 24.8 Å². The first-order valence-electron chi connectivity index (χ1n) is 10.8. The van der Waals surface area contributed by atoms with Gasteiger partial charge in [0, 0.05) is 22.0 Å². The predicted molar refractivity (Wildman–Crippen MR) is 145 cm³/mol. The van der Waals surface area contributed by atoms with E-state index in [-0.39, 0.29) is 6.04 Å². The predicted octanol–water partition coefficient (Wildman–Crippen LogP) is 5.79. The molecule has 0 amide bonds. The fourth-order valence-electron chi connectivity index (χ4n) is 4.17. The number of aromatic nitrogens is 1. The first-order chi connectivity index (χ1) is 17.2. The van der Waals surface area contributed by atoms with Crippen molar-refractivity contribution in [1.29, 1.82) is 0 Å². The molecule has 1 aliphatic heterocycles. The van der Waals surface area contributed by atoms with Gasteiger partial charge < -0.3 is 14.6 Å². The van der Waals surface area contributed by atoms with Gasteiger partial charge in [-0.15, -0.1) is 0 Å². The second-order valence-corrected chi connectivity index (χ2v) is 11.3. The Labute approximate surface area is 221 Å². The lowest BCUT2D eigenvalue weighted by Crippen LogP contribution is -2.29. The monoisotopic (exact) mass is 586 g/mol. The molecule has 0 radical (unpaired) electrons. The van der Waals surface area contributed by atoms with Gasteiger partial charge in [0.15, 0.2) is 5.11 Å². The number of hydrogen-bond donors (Lipinski definition) is 2. The standard InChI is InChI=1S/C25H20BrFN4O3S2/c1-36(32,33)30-16-6-8-17(9-7-16)31-24(23(29-25(31)35)20-4-2-3-13-28-20)22-12-11-21(34-22)18-10-5-15(26)14-19(18)27/h2-14,23-24,30H,1H3,(H,29,35). The molecule has 0 spiro atoms. The van der Waals surface area contributed by atoms with E-state index in [4.69, 9.17) is 16.6 Å². The number of benzene rings is 2. The summed E-state index contributed by atoms with van der Waals surface area (Å²) in [6, 6.07) is 20.0. The summed E-state index contributed by atoms with van der Waals surface area (Å²) in [5, 5.41) is 3.78. The lowest BCUT2D eigenvalue weighted by molar-refractivity contribution is 0.438. The molecule has 2 atom stereocenters. The van der Waals surface area contributed by atoms with Gasteiger partial charge in [-0.1, -0.05) is 22.0 Å². The Morgan fingerprint density at radius 2 is 1.89 bits per heavy atom. The van der Waals surface area contributed by atoms with E-state index in [1.54, 1.807) is 54.7 Å². The molecule has 0 aliphatic carbocycles. The molecule has 1 fully saturated rings. The summed E-state index contributed by atoms with van der Waals surface area (Å²) >= 11 is 8.98. The Morgan fingerprint density at radius 1 is 1.11 bits per heavy atom. The van der Waals surface area contributed by atoms with Crippen LogP contribution in [0, 0.1) is 5.82 Å². The van der Waals surface area contributed by atoms with Gasteiger partial charge in [-0.25, -0.2) is 12.8 Å². The van der Waals surface area contributed by atoms with Crippen LogP contribution in [-0.2, 0) is 10.0 Å². The molecular formula is C25H20BrFN4O3S2. The van der Waals surface area contributed by atoms with Gasteiger partial charge >= 0.3 is 0 Å². The molecule has 2 unspecified atom stereocenters. The highest BCUT2D eigenvalue weighted by Gasteiger charge is 2.42. The molecule has 36 heavy (non-hydrogen) atoms. The number of furan rings is 1. The lowest BCUT2D eigenvalue weighted by atomic mass is 10.0. The van der Waals surface area contributed by atoms with E-state index in [1.165, 1.54) is 6.07 Å². The van der Waals surface area contributed by atoms with Crippen molar-refractivity contribution in [1.82, 2.24) is 10.3 Å². The molecule has 184 valence electrons. The van der Waals surface area contributed by atoms with Crippen LogP contribution >= 0.6 is 28.1 Å². The third kappa shape index (κ3) is 4.99. The van der Waals surface area contributed by atoms with Crippen molar-refractivity contribution in [2.45, 2.75) is 12.1 Å². The minimum atomic E-state index is -3.41. The maximum absolute atomic E-state index is 14.6. The summed E-state index contributed by atoms with van der Waals surface area (Å²) in [5.74, 6) is 0.548. The summed E-state index contributed by atoms with van der Waals surface area (Å²) in [7, 11) is -3.41. The van der Waals surface area contributed by atoms with E-state index in [9.17, 15) is 12.8 Å². The van der Waals surface area contributed by atoms with Gasteiger partial charge in [-0.05, 0) is 78.9 Å². The Hall–Kier alpha value is -3.28. The first-order valence-corrected chi connectivity index (χ1v) is 13.9. The Bertz CT molecular complexity index is 1530. The average molecular weight is 587 g/mol. The summed E-state index contributed by atoms with van der Waals surface area (Å²) < 4.78 is 47.1. The van der Waals surface area contributed by atoms with E-state index in [2.05, 4.69) is 31.0 Å². The van der Waals surface area contributed by atoms with Crippen molar-refractivity contribution >= 4 is 54.7 Å². The normalized spacial score (nSPS) is 17.8. The molecule has 5 rings (SSSR count). The van der Waals surface area contributed by atoms with Crippen LogP contribution in [0.25, 0.3) is 11.3 Å². The molecule has 7 nitrogen and oxygen atoms in total. The fraction of sp³-hybridized carbons (Fsp3) is 0.120. The Balaban J connectivity index is 1.56. The average Bonchev–Trinajstić information content (AvgIpc) is 3.44. The van der Waals surface area contributed by atoms with Crippen molar-refractivity contribution in [3.05, 3.63) is 101 Å².